The Morgan fingerprint density at radius 1 is 1.42 bits per heavy atom. The summed E-state index contributed by atoms with van der Waals surface area (Å²) in [5, 5.41) is 2.75. The molecule has 6 heteroatoms. The largest absolute Gasteiger partial charge is 0.323 e. The van der Waals surface area contributed by atoms with Gasteiger partial charge < -0.3 is 5.32 Å². The molecular formula is C13H18BrN3OS. The van der Waals surface area contributed by atoms with E-state index in [-0.39, 0.29) is 5.78 Å². The fourth-order valence-corrected chi connectivity index (χ4v) is 2.61. The minimum absolute atomic E-state index is 0.0379. The summed E-state index contributed by atoms with van der Waals surface area (Å²) in [7, 11) is 5.68. The summed E-state index contributed by atoms with van der Waals surface area (Å²) in [5.41, 5.74) is 0.850. The highest BCUT2D eigenvalue weighted by Crippen LogP contribution is 2.32. The quantitative estimate of drug-likeness (QED) is 0.786. The number of carbonyl (C=O) groups excluding carboxylic acids is 1. The highest BCUT2D eigenvalue weighted by Gasteiger charge is 2.10. The molecule has 0 unspecified atom stereocenters. The number of ketones is 1. The van der Waals surface area contributed by atoms with Gasteiger partial charge in [0.25, 0.3) is 0 Å². The lowest BCUT2D eigenvalue weighted by atomic mass is 10.3. The van der Waals surface area contributed by atoms with E-state index in [0.29, 0.717) is 6.54 Å². The Morgan fingerprint density at radius 3 is 2.79 bits per heavy atom. The first-order valence-electron chi connectivity index (χ1n) is 5.83. The summed E-state index contributed by atoms with van der Waals surface area (Å²) in [5.74, 6) is 0.833. The Kier molecular flexibility index (Phi) is 7.30. The lowest BCUT2D eigenvalue weighted by molar-refractivity contribution is -0.113. The first-order valence-corrected chi connectivity index (χ1v) is 7.61. The number of halogens is 1. The monoisotopic (exact) mass is 343 g/mol. The summed E-state index contributed by atoms with van der Waals surface area (Å²) in [6, 6.07) is 5.93. The Bertz CT molecular complexity index is 465. The van der Waals surface area contributed by atoms with Crippen molar-refractivity contribution in [1.82, 2.24) is 10.2 Å². The Hall–Kier alpha value is -0.690. The van der Waals surface area contributed by atoms with Gasteiger partial charge in [-0.1, -0.05) is 15.9 Å². The standard InChI is InChI=1S/C11H11BrN2OS.C2H7N/c1-14-6-9(15)5-13-10-4-8(12)2-3-11(10)16-7-14;1-3-2/h2-5H,6-7H2,1H3;3H,1-2H3. The van der Waals surface area contributed by atoms with E-state index < -0.39 is 0 Å². The number of aliphatic imine (C=N–C) groups is 1. The molecule has 0 aliphatic carbocycles. The van der Waals surface area contributed by atoms with Gasteiger partial charge in [0.05, 0.1) is 18.4 Å². The van der Waals surface area contributed by atoms with Crippen molar-refractivity contribution < 1.29 is 4.79 Å². The van der Waals surface area contributed by atoms with E-state index in [4.69, 9.17) is 0 Å². The molecule has 0 bridgehead atoms. The molecule has 104 valence electrons. The molecule has 0 atom stereocenters. The summed E-state index contributed by atoms with van der Waals surface area (Å²) in [6.45, 7) is 0.422. The van der Waals surface area contributed by atoms with Crippen molar-refractivity contribution in [2.45, 2.75) is 4.90 Å². The predicted molar refractivity (Wildman–Crippen MR) is 85.6 cm³/mol. The van der Waals surface area contributed by atoms with Gasteiger partial charge >= 0.3 is 0 Å². The number of nitrogens with one attached hydrogen (secondary N) is 1. The number of Topliss-reactive ketones (excluding diaryl/α,β-unsaturated/α-hetero) is 1. The summed E-state index contributed by atoms with van der Waals surface area (Å²) >= 11 is 5.10. The van der Waals surface area contributed by atoms with E-state index >= 15 is 0 Å². The zero-order valence-electron chi connectivity index (χ0n) is 11.3. The van der Waals surface area contributed by atoms with Gasteiger partial charge in [-0.15, -0.1) is 11.8 Å². The van der Waals surface area contributed by atoms with Gasteiger partial charge in [-0.05, 0) is 39.3 Å². The third-order valence-corrected chi connectivity index (χ3v) is 3.85. The lowest BCUT2D eigenvalue weighted by Crippen LogP contribution is -2.25. The molecule has 1 aromatic rings. The molecule has 1 aromatic carbocycles. The van der Waals surface area contributed by atoms with Crippen molar-refractivity contribution in [3.8, 4) is 0 Å². The zero-order valence-corrected chi connectivity index (χ0v) is 13.7. The van der Waals surface area contributed by atoms with Gasteiger partial charge in [0, 0.05) is 15.2 Å². The maximum atomic E-state index is 11.5. The molecule has 0 fully saturated rings. The first kappa shape index (κ1) is 16.4. The van der Waals surface area contributed by atoms with E-state index in [1.165, 1.54) is 6.21 Å². The molecular weight excluding hydrogens is 326 g/mol. The van der Waals surface area contributed by atoms with Crippen molar-refractivity contribution in [2.75, 3.05) is 33.6 Å². The second kappa shape index (κ2) is 8.47. The fraction of sp³-hybridized carbons (Fsp3) is 0.385. The number of nitrogens with zero attached hydrogens (tertiary/aromatic N) is 2. The number of carbonyl (C=O) groups is 1. The normalized spacial score (nSPS) is 15.7. The van der Waals surface area contributed by atoms with Crippen LogP contribution >= 0.6 is 27.7 Å². The van der Waals surface area contributed by atoms with Crippen LogP contribution in [0.25, 0.3) is 0 Å². The van der Waals surface area contributed by atoms with Crippen molar-refractivity contribution in [3.05, 3.63) is 22.7 Å². The van der Waals surface area contributed by atoms with Crippen LogP contribution in [-0.4, -0.2) is 50.5 Å². The van der Waals surface area contributed by atoms with E-state index in [2.05, 4.69) is 26.2 Å². The number of benzene rings is 1. The maximum Gasteiger partial charge on any atom is 0.187 e. The Labute approximate surface area is 126 Å². The van der Waals surface area contributed by atoms with Gasteiger partial charge in [0.2, 0.25) is 0 Å². The van der Waals surface area contributed by atoms with Crippen molar-refractivity contribution in [2.24, 2.45) is 4.99 Å². The van der Waals surface area contributed by atoms with Gasteiger partial charge in [0.15, 0.2) is 5.78 Å². The van der Waals surface area contributed by atoms with Crippen LogP contribution < -0.4 is 5.32 Å². The SMILES string of the molecule is CN1CSc2ccc(Br)cc2N=CC(=O)C1.CNC. The highest BCUT2D eigenvalue weighted by molar-refractivity contribution is 9.10. The van der Waals surface area contributed by atoms with Crippen molar-refractivity contribution >= 4 is 45.4 Å². The molecule has 1 heterocycles. The maximum absolute atomic E-state index is 11.5. The Balaban J connectivity index is 0.000000550. The summed E-state index contributed by atoms with van der Waals surface area (Å²) < 4.78 is 0.976. The molecule has 1 N–H and O–H groups in total. The molecule has 2 rings (SSSR count). The van der Waals surface area contributed by atoms with Crippen molar-refractivity contribution in [1.29, 1.82) is 0 Å². The molecule has 0 radical (unpaired) electrons. The zero-order chi connectivity index (χ0) is 14.3. The second-order valence-electron chi connectivity index (χ2n) is 4.12. The topological polar surface area (TPSA) is 44.7 Å². The third kappa shape index (κ3) is 5.86. The van der Waals surface area contributed by atoms with Crippen LogP contribution in [0.2, 0.25) is 0 Å². The number of thioether (sulfide) groups is 1. The van der Waals surface area contributed by atoms with Crippen molar-refractivity contribution in [3.63, 3.8) is 0 Å². The van der Waals surface area contributed by atoms with Crippen LogP contribution in [0.3, 0.4) is 0 Å². The highest BCUT2D eigenvalue weighted by atomic mass is 79.9. The third-order valence-electron chi connectivity index (χ3n) is 2.13. The molecule has 19 heavy (non-hydrogen) atoms. The Morgan fingerprint density at radius 2 is 2.11 bits per heavy atom. The molecule has 0 saturated heterocycles. The molecule has 1 aliphatic rings. The van der Waals surface area contributed by atoms with Gasteiger partial charge in [0.1, 0.15) is 0 Å². The fourth-order valence-electron chi connectivity index (χ4n) is 1.39. The first-order chi connectivity index (χ1) is 9.06. The van der Waals surface area contributed by atoms with Crippen LogP contribution in [0.5, 0.6) is 0 Å². The van der Waals surface area contributed by atoms with E-state index in [0.717, 1.165) is 20.9 Å². The van der Waals surface area contributed by atoms with Crippen LogP contribution in [0.1, 0.15) is 0 Å². The molecule has 0 saturated carbocycles. The van der Waals surface area contributed by atoms with Gasteiger partial charge in [-0.2, -0.15) is 0 Å². The average Bonchev–Trinajstić information content (AvgIpc) is 2.41. The lowest BCUT2D eigenvalue weighted by Gasteiger charge is -2.13. The van der Waals surface area contributed by atoms with Crippen LogP contribution in [-0.2, 0) is 4.79 Å². The summed E-state index contributed by atoms with van der Waals surface area (Å²) in [4.78, 5) is 18.8. The number of fused-ring (bicyclic) bond motifs is 1. The number of rotatable bonds is 0. The van der Waals surface area contributed by atoms with E-state index in [9.17, 15) is 4.79 Å². The molecule has 0 amide bonds. The van der Waals surface area contributed by atoms with Crippen LogP contribution in [0, 0.1) is 0 Å². The van der Waals surface area contributed by atoms with Gasteiger partial charge in [-0.3, -0.25) is 14.7 Å². The predicted octanol–water partition coefficient (Wildman–Crippen LogP) is 2.55. The van der Waals surface area contributed by atoms with Gasteiger partial charge in [-0.25, -0.2) is 0 Å². The minimum atomic E-state index is 0.0379. The minimum Gasteiger partial charge on any atom is -0.323 e. The second-order valence-corrected chi connectivity index (χ2v) is 6.03. The molecule has 0 spiro atoms. The average molecular weight is 344 g/mol. The van der Waals surface area contributed by atoms with E-state index in [1.807, 2.05) is 44.2 Å². The smallest absolute Gasteiger partial charge is 0.187 e. The van der Waals surface area contributed by atoms with E-state index in [1.54, 1.807) is 11.8 Å². The number of hydrogen-bond acceptors (Lipinski definition) is 5. The summed E-state index contributed by atoms with van der Waals surface area (Å²) in [6.07, 6.45) is 1.41. The molecule has 0 aromatic heterocycles. The van der Waals surface area contributed by atoms with Crippen LogP contribution in [0.4, 0.5) is 5.69 Å². The van der Waals surface area contributed by atoms with Crippen LogP contribution in [0.15, 0.2) is 32.6 Å². The number of likely N-dealkylation sites (N-methyl/N-ethyl adjacent to an activating group) is 1. The molecule has 4 nitrogen and oxygen atoms in total. The molecule has 1 aliphatic heterocycles. The number of hydrogen-bond donors (Lipinski definition) is 1.